The molecule has 0 spiro atoms. The maximum Gasteiger partial charge on any atom is 0.238 e. The van der Waals surface area contributed by atoms with Crippen molar-refractivity contribution in [3.05, 3.63) is 23.8 Å². The van der Waals surface area contributed by atoms with Crippen molar-refractivity contribution in [1.82, 2.24) is 5.32 Å². The van der Waals surface area contributed by atoms with Gasteiger partial charge < -0.3 is 10.1 Å². The fraction of sp³-hybridized carbons (Fsp3) is 0.462. The van der Waals surface area contributed by atoms with Gasteiger partial charge >= 0.3 is 0 Å². The maximum absolute atomic E-state index is 12.2. The molecule has 1 aromatic rings. The number of hydrogen-bond acceptors (Lipinski definition) is 4. The number of nitrogens with one attached hydrogen (secondary N) is 1. The lowest BCUT2D eigenvalue weighted by Crippen LogP contribution is -2.36. The number of carbonyl (C=O) groups is 1. The van der Waals surface area contributed by atoms with Gasteiger partial charge in [-0.15, -0.1) is 0 Å². The van der Waals surface area contributed by atoms with Crippen molar-refractivity contribution in [2.24, 2.45) is 5.14 Å². The monoisotopic (exact) mass is 298 g/mol. The summed E-state index contributed by atoms with van der Waals surface area (Å²) in [4.78, 5) is 12.2. The summed E-state index contributed by atoms with van der Waals surface area (Å²) in [5.41, 5.74) is 0.570. The highest BCUT2D eigenvalue weighted by molar-refractivity contribution is 7.89. The van der Waals surface area contributed by atoms with E-state index >= 15 is 0 Å². The lowest BCUT2D eigenvalue weighted by Gasteiger charge is -2.26. The summed E-state index contributed by atoms with van der Waals surface area (Å²) in [6.45, 7) is 4.18. The molecule has 1 heterocycles. The van der Waals surface area contributed by atoms with Crippen molar-refractivity contribution >= 4 is 15.9 Å². The van der Waals surface area contributed by atoms with E-state index in [1.165, 1.54) is 12.1 Å². The fourth-order valence-electron chi connectivity index (χ4n) is 2.21. The SMILES string of the molecule is CC(C)NC(=O)C1CCOc2ccc(S(N)(=O)=O)cc21. The number of rotatable bonds is 3. The van der Waals surface area contributed by atoms with Crippen LogP contribution in [0.25, 0.3) is 0 Å². The zero-order valence-electron chi connectivity index (χ0n) is 11.4. The van der Waals surface area contributed by atoms with Crippen LogP contribution in [0.15, 0.2) is 23.1 Å². The van der Waals surface area contributed by atoms with Gasteiger partial charge in [0, 0.05) is 11.6 Å². The third-order valence-electron chi connectivity index (χ3n) is 3.10. The Hall–Kier alpha value is -1.60. The Morgan fingerprint density at radius 1 is 1.45 bits per heavy atom. The van der Waals surface area contributed by atoms with Gasteiger partial charge in [0.25, 0.3) is 0 Å². The second-order valence-corrected chi connectivity index (χ2v) is 6.66. The van der Waals surface area contributed by atoms with Crippen LogP contribution in [-0.4, -0.2) is 27.0 Å². The number of hydrogen-bond donors (Lipinski definition) is 2. The molecule has 2 rings (SSSR count). The van der Waals surface area contributed by atoms with Crippen LogP contribution in [0.4, 0.5) is 0 Å². The van der Waals surface area contributed by atoms with Crippen molar-refractivity contribution in [2.75, 3.05) is 6.61 Å². The highest BCUT2D eigenvalue weighted by Crippen LogP contribution is 2.35. The molecule has 3 N–H and O–H groups in total. The van der Waals surface area contributed by atoms with Gasteiger partial charge in [0.05, 0.1) is 17.4 Å². The lowest BCUT2D eigenvalue weighted by atomic mass is 9.92. The molecule has 0 aliphatic carbocycles. The molecule has 1 amide bonds. The molecule has 0 bridgehead atoms. The molecule has 0 radical (unpaired) electrons. The zero-order valence-corrected chi connectivity index (χ0v) is 12.2. The number of ether oxygens (including phenoxy) is 1. The molecule has 0 saturated carbocycles. The minimum Gasteiger partial charge on any atom is -0.493 e. The number of amides is 1. The zero-order chi connectivity index (χ0) is 14.9. The van der Waals surface area contributed by atoms with Crippen LogP contribution in [0, 0.1) is 0 Å². The van der Waals surface area contributed by atoms with E-state index in [9.17, 15) is 13.2 Å². The van der Waals surface area contributed by atoms with E-state index in [1.807, 2.05) is 13.8 Å². The van der Waals surface area contributed by atoms with Crippen molar-refractivity contribution in [2.45, 2.75) is 37.1 Å². The summed E-state index contributed by atoms with van der Waals surface area (Å²) in [6, 6.07) is 4.38. The van der Waals surface area contributed by atoms with Crippen LogP contribution < -0.4 is 15.2 Å². The van der Waals surface area contributed by atoms with E-state index in [1.54, 1.807) is 6.07 Å². The van der Waals surface area contributed by atoms with Gasteiger partial charge in [-0.25, -0.2) is 13.6 Å². The Balaban J connectivity index is 2.41. The molecule has 1 unspecified atom stereocenters. The number of sulfonamides is 1. The normalized spacial score (nSPS) is 18.3. The van der Waals surface area contributed by atoms with Gasteiger partial charge in [-0.2, -0.15) is 0 Å². The summed E-state index contributed by atoms with van der Waals surface area (Å²) in [6.07, 6.45) is 0.514. The predicted molar refractivity (Wildman–Crippen MR) is 73.9 cm³/mol. The molecular weight excluding hydrogens is 280 g/mol. The van der Waals surface area contributed by atoms with Crippen LogP contribution in [-0.2, 0) is 14.8 Å². The van der Waals surface area contributed by atoms with E-state index < -0.39 is 15.9 Å². The van der Waals surface area contributed by atoms with Crippen molar-refractivity contribution < 1.29 is 17.9 Å². The van der Waals surface area contributed by atoms with Gasteiger partial charge in [-0.1, -0.05) is 0 Å². The average Bonchev–Trinajstić information content (AvgIpc) is 2.35. The molecule has 1 aromatic carbocycles. The second-order valence-electron chi connectivity index (χ2n) is 5.10. The highest BCUT2D eigenvalue weighted by Gasteiger charge is 2.29. The molecule has 0 aromatic heterocycles. The molecule has 110 valence electrons. The van der Waals surface area contributed by atoms with Gasteiger partial charge in [-0.05, 0) is 38.5 Å². The largest absolute Gasteiger partial charge is 0.493 e. The smallest absolute Gasteiger partial charge is 0.238 e. The number of carbonyl (C=O) groups excluding carboxylic acids is 1. The van der Waals surface area contributed by atoms with E-state index in [-0.39, 0.29) is 16.8 Å². The molecule has 0 saturated heterocycles. The fourth-order valence-corrected chi connectivity index (χ4v) is 2.76. The van der Waals surface area contributed by atoms with E-state index in [4.69, 9.17) is 9.88 Å². The van der Waals surface area contributed by atoms with Gasteiger partial charge in [-0.3, -0.25) is 4.79 Å². The van der Waals surface area contributed by atoms with Crippen LogP contribution >= 0.6 is 0 Å². The Bertz CT molecular complexity index is 625. The first-order valence-electron chi connectivity index (χ1n) is 6.39. The topological polar surface area (TPSA) is 98.5 Å². The minimum absolute atomic E-state index is 0.0101. The third-order valence-corrected chi connectivity index (χ3v) is 4.01. The quantitative estimate of drug-likeness (QED) is 0.859. The first kappa shape index (κ1) is 14.8. The summed E-state index contributed by atoms with van der Waals surface area (Å²) in [5, 5.41) is 7.96. The van der Waals surface area contributed by atoms with Gasteiger partial charge in [0.1, 0.15) is 5.75 Å². The number of fused-ring (bicyclic) bond motifs is 1. The Morgan fingerprint density at radius 2 is 2.15 bits per heavy atom. The number of benzene rings is 1. The molecule has 1 atom stereocenters. The molecular formula is C13H18N2O4S. The molecule has 7 heteroatoms. The van der Waals surface area contributed by atoms with Crippen LogP contribution in [0.3, 0.4) is 0 Å². The minimum atomic E-state index is -3.80. The summed E-state index contributed by atoms with van der Waals surface area (Å²) in [5.74, 6) is -0.00785. The molecule has 1 aliphatic rings. The lowest BCUT2D eigenvalue weighted by molar-refractivity contribution is -0.123. The number of primary sulfonamides is 1. The Labute approximate surface area is 118 Å². The summed E-state index contributed by atoms with van der Waals surface area (Å²) < 4.78 is 28.3. The molecule has 0 fully saturated rings. The second kappa shape index (κ2) is 5.41. The van der Waals surface area contributed by atoms with Crippen molar-refractivity contribution in [1.29, 1.82) is 0 Å². The van der Waals surface area contributed by atoms with E-state index in [0.717, 1.165) is 0 Å². The van der Waals surface area contributed by atoms with Crippen LogP contribution in [0.1, 0.15) is 31.7 Å². The Kier molecular flexibility index (Phi) is 4.01. The molecule has 1 aliphatic heterocycles. The van der Waals surface area contributed by atoms with Crippen molar-refractivity contribution in [3.63, 3.8) is 0 Å². The maximum atomic E-state index is 12.2. The van der Waals surface area contributed by atoms with Crippen LogP contribution in [0.5, 0.6) is 5.75 Å². The van der Waals surface area contributed by atoms with Gasteiger partial charge in [0.15, 0.2) is 0 Å². The van der Waals surface area contributed by atoms with E-state index in [0.29, 0.717) is 24.3 Å². The van der Waals surface area contributed by atoms with Crippen molar-refractivity contribution in [3.8, 4) is 5.75 Å². The standard InChI is InChI=1S/C13H18N2O4S/c1-8(2)15-13(16)10-5-6-19-12-4-3-9(7-11(10)12)20(14,17)18/h3-4,7-8,10H,5-6H2,1-2H3,(H,15,16)(H2,14,17,18). The summed E-state index contributed by atoms with van der Waals surface area (Å²) in [7, 11) is -3.80. The van der Waals surface area contributed by atoms with Gasteiger partial charge in [0.2, 0.25) is 15.9 Å². The first-order chi connectivity index (χ1) is 9.29. The number of nitrogens with two attached hydrogens (primary N) is 1. The predicted octanol–water partition coefficient (Wildman–Crippen LogP) is 0.725. The Morgan fingerprint density at radius 3 is 2.75 bits per heavy atom. The van der Waals surface area contributed by atoms with Crippen LogP contribution in [0.2, 0.25) is 0 Å². The molecule has 20 heavy (non-hydrogen) atoms. The first-order valence-corrected chi connectivity index (χ1v) is 7.93. The van der Waals surface area contributed by atoms with E-state index in [2.05, 4.69) is 5.32 Å². The average molecular weight is 298 g/mol. The molecule has 6 nitrogen and oxygen atoms in total. The third kappa shape index (κ3) is 3.10. The summed E-state index contributed by atoms with van der Waals surface area (Å²) >= 11 is 0. The highest BCUT2D eigenvalue weighted by atomic mass is 32.2.